The molecule has 0 saturated carbocycles. The summed E-state index contributed by atoms with van der Waals surface area (Å²) < 4.78 is 1.79. The molecule has 2 amide bonds. The second-order valence-corrected chi connectivity index (χ2v) is 10.6. The molecule has 2 unspecified atom stereocenters. The van der Waals surface area contributed by atoms with Crippen LogP contribution in [0.4, 0.5) is 5.82 Å². The zero-order valence-electron chi connectivity index (χ0n) is 17.4. The summed E-state index contributed by atoms with van der Waals surface area (Å²) in [6.07, 6.45) is 3.02. The molecule has 4 rings (SSSR count). The first-order valence-electron chi connectivity index (χ1n) is 10.1. The molecule has 0 radical (unpaired) electrons. The Morgan fingerprint density at radius 2 is 2.00 bits per heavy atom. The van der Waals surface area contributed by atoms with Crippen LogP contribution >= 0.6 is 11.8 Å². The summed E-state index contributed by atoms with van der Waals surface area (Å²) in [5.41, 5.74) is 2.52. The van der Waals surface area contributed by atoms with E-state index in [2.05, 4.69) is 62.4 Å². The zero-order chi connectivity index (χ0) is 20.8. The van der Waals surface area contributed by atoms with E-state index in [1.54, 1.807) is 33.6 Å². The summed E-state index contributed by atoms with van der Waals surface area (Å²) in [6, 6.07) is 9.88. The molecule has 154 valence electrons. The molecular weight excluding hydrogens is 384 g/mol. The van der Waals surface area contributed by atoms with E-state index < -0.39 is 6.04 Å². The van der Waals surface area contributed by atoms with Crippen LogP contribution in [0, 0.1) is 0 Å². The quantitative estimate of drug-likeness (QED) is 0.833. The van der Waals surface area contributed by atoms with Gasteiger partial charge in [-0.05, 0) is 29.9 Å². The number of nitrogens with one attached hydrogen (secondary N) is 1. The van der Waals surface area contributed by atoms with Crippen LogP contribution in [0.5, 0.6) is 0 Å². The van der Waals surface area contributed by atoms with Crippen molar-refractivity contribution in [2.24, 2.45) is 0 Å². The number of thioether (sulfide) groups is 1. The highest BCUT2D eigenvalue weighted by Crippen LogP contribution is 2.47. The monoisotopic (exact) mass is 412 g/mol. The molecule has 2 aromatic rings. The lowest BCUT2D eigenvalue weighted by molar-refractivity contribution is -0.135. The van der Waals surface area contributed by atoms with E-state index in [4.69, 9.17) is 0 Å². The summed E-state index contributed by atoms with van der Waals surface area (Å²) in [5, 5.41) is 7.37. The van der Waals surface area contributed by atoms with Gasteiger partial charge in [0.1, 0.15) is 11.9 Å². The number of carbonyl (C=O) groups excluding carboxylic acids is 2. The van der Waals surface area contributed by atoms with Crippen molar-refractivity contribution in [1.29, 1.82) is 0 Å². The largest absolute Gasteiger partial charge is 0.315 e. The molecule has 1 aromatic carbocycles. The average Bonchev–Trinajstić information content (AvgIpc) is 3.31. The average molecular weight is 413 g/mol. The Balaban J connectivity index is 1.46. The van der Waals surface area contributed by atoms with Crippen molar-refractivity contribution in [1.82, 2.24) is 14.7 Å². The molecule has 1 N–H and O–H groups in total. The SMILES string of the molecule is CC(C)(C)c1ccc(Cn2nccc2NC(=O)C2CSC3(C)CCC(=O)N23)cc1. The number of anilines is 1. The van der Waals surface area contributed by atoms with E-state index in [0.717, 1.165) is 12.0 Å². The van der Waals surface area contributed by atoms with Crippen molar-refractivity contribution in [3.63, 3.8) is 0 Å². The number of rotatable bonds is 4. The maximum absolute atomic E-state index is 12.9. The Morgan fingerprint density at radius 1 is 1.28 bits per heavy atom. The van der Waals surface area contributed by atoms with Crippen molar-refractivity contribution < 1.29 is 9.59 Å². The highest BCUT2D eigenvalue weighted by atomic mass is 32.2. The molecule has 2 saturated heterocycles. The number of aromatic nitrogens is 2. The molecule has 0 bridgehead atoms. The lowest BCUT2D eigenvalue weighted by Crippen LogP contribution is -2.48. The van der Waals surface area contributed by atoms with E-state index in [0.29, 0.717) is 24.5 Å². The summed E-state index contributed by atoms with van der Waals surface area (Å²) in [6.45, 7) is 9.22. The standard InChI is InChI=1S/C22H28N4O2S/c1-21(2,3)16-7-5-15(6-8-16)13-25-18(10-12-23-25)24-20(28)17-14-29-22(4)11-9-19(27)26(17)22/h5-8,10,12,17H,9,11,13-14H2,1-4H3,(H,24,28). The first-order valence-corrected chi connectivity index (χ1v) is 11.0. The minimum absolute atomic E-state index is 0.0742. The second-order valence-electron chi connectivity index (χ2n) is 9.08. The molecule has 29 heavy (non-hydrogen) atoms. The number of fused-ring (bicyclic) bond motifs is 1. The number of carbonyl (C=O) groups is 2. The van der Waals surface area contributed by atoms with Gasteiger partial charge in [-0.15, -0.1) is 11.8 Å². The van der Waals surface area contributed by atoms with Crippen LogP contribution in [0.2, 0.25) is 0 Å². The van der Waals surface area contributed by atoms with Crippen LogP contribution in [0.1, 0.15) is 51.7 Å². The summed E-state index contributed by atoms with van der Waals surface area (Å²) in [7, 11) is 0. The van der Waals surface area contributed by atoms with Gasteiger partial charge in [-0.25, -0.2) is 4.68 Å². The Labute approximate surface area is 176 Å². The van der Waals surface area contributed by atoms with Crippen molar-refractivity contribution in [2.75, 3.05) is 11.1 Å². The predicted octanol–water partition coefficient (Wildman–Crippen LogP) is 3.62. The highest BCUT2D eigenvalue weighted by molar-refractivity contribution is 8.01. The third kappa shape index (κ3) is 3.80. The van der Waals surface area contributed by atoms with Gasteiger partial charge in [0, 0.05) is 18.2 Å². The lowest BCUT2D eigenvalue weighted by Gasteiger charge is -2.29. The first-order chi connectivity index (χ1) is 13.7. The molecule has 2 aliphatic rings. The first kappa shape index (κ1) is 20.0. The molecule has 2 aliphatic heterocycles. The van der Waals surface area contributed by atoms with E-state index in [-0.39, 0.29) is 22.1 Å². The molecule has 6 nitrogen and oxygen atoms in total. The third-order valence-electron chi connectivity index (χ3n) is 5.87. The third-order valence-corrected chi connectivity index (χ3v) is 7.37. The maximum atomic E-state index is 12.9. The van der Waals surface area contributed by atoms with E-state index >= 15 is 0 Å². The number of amides is 2. The minimum Gasteiger partial charge on any atom is -0.315 e. The van der Waals surface area contributed by atoms with Gasteiger partial charge in [0.05, 0.1) is 17.6 Å². The second kappa shape index (κ2) is 7.20. The van der Waals surface area contributed by atoms with Gasteiger partial charge in [0.25, 0.3) is 0 Å². The van der Waals surface area contributed by atoms with Gasteiger partial charge in [0.2, 0.25) is 11.8 Å². The zero-order valence-corrected chi connectivity index (χ0v) is 18.3. The number of hydrogen-bond acceptors (Lipinski definition) is 4. The molecule has 0 aliphatic carbocycles. The summed E-state index contributed by atoms with van der Waals surface area (Å²) >= 11 is 1.70. The smallest absolute Gasteiger partial charge is 0.249 e. The molecular formula is C22H28N4O2S. The molecule has 2 atom stereocenters. The van der Waals surface area contributed by atoms with Crippen LogP contribution in [0.25, 0.3) is 0 Å². The van der Waals surface area contributed by atoms with Gasteiger partial charge >= 0.3 is 0 Å². The van der Waals surface area contributed by atoms with Crippen molar-refractivity contribution in [3.05, 3.63) is 47.7 Å². The van der Waals surface area contributed by atoms with Crippen LogP contribution < -0.4 is 5.32 Å². The Morgan fingerprint density at radius 3 is 2.69 bits per heavy atom. The predicted molar refractivity (Wildman–Crippen MR) is 116 cm³/mol. The van der Waals surface area contributed by atoms with Crippen LogP contribution in [-0.2, 0) is 21.5 Å². The topological polar surface area (TPSA) is 67.2 Å². The fourth-order valence-corrected chi connectivity index (χ4v) is 5.50. The Bertz CT molecular complexity index is 931. The van der Waals surface area contributed by atoms with Crippen molar-refractivity contribution >= 4 is 29.4 Å². The molecule has 3 heterocycles. The normalized spacial score (nSPS) is 24.1. The summed E-state index contributed by atoms with van der Waals surface area (Å²) in [5.74, 6) is 1.22. The molecule has 0 spiro atoms. The fraction of sp³-hybridized carbons (Fsp3) is 0.500. The van der Waals surface area contributed by atoms with Gasteiger partial charge < -0.3 is 10.2 Å². The van der Waals surface area contributed by atoms with E-state index in [9.17, 15) is 9.59 Å². The van der Waals surface area contributed by atoms with Crippen molar-refractivity contribution in [2.45, 2.75) is 63.4 Å². The molecule has 2 fully saturated rings. The minimum atomic E-state index is -0.422. The lowest BCUT2D eigenvalue weighted by atomic mass is 9.87. The van der Waals surface area contributed by atoms with Gasteiger partial charge in [0.15, 0.2) is 0 Å². The number of benzene rings is 1. The van der Waals surface area contributed by atoms with Crippen LogP contribution in [0.15, 0.2) is 36.5 Å². The van der Waals surface area contributed by atoms with E-state index in [1.165, 1.54) is 5.56 Å². The Kier molecular flexibility index (Phi) is 4.97. The number of nitrogens with zero attached hydrogens (tertiary/aromatic N) is 3. The van der Waals surface area contributed by atoms with Gasteiger partial charge in [-0.1, -0.05) is 45.0 Å². The van der Waals surface area contributed by atoms with Gasteiger partial charge in [-0.3, -0.25) is 9.59 Å². The van der Waals surface area contributed by atoms with Crippen LogP contribution in [0.3, 0.4) is 0 Å². The molecule has 7 heteroatoms. The number of hydrogen-bond donors (Lipinski definition) is 1. The summed E-state index contributed by atoms with van der Waals surface area (Å²) in [4.78, 5) is 26.8. The Hall–Kier alpha value is -2.28. The van der Waals surface area contributed by atoms with E-state index in [1.807, 2.05) is 0 Å². The van der Waals surface area contributed by atoms with Gasteiger partial charge in [-0.2, -0.15) is 5.10 Å². The molecule has 1 aromatic heterocycles. The maximum Gasteiger partial charge on any atom is 0.249 e. The fourth-order valence-electron chi connectivity index (χ4n) is 4.07. The highest BCUT2D eigenvalue weighted by Gasteiger charge is 2.52. The van der Waals surface area contributed by atoms with Crippen molar-refractivity contribution in [3.8, 4) is 0 Å². The van der Waals surface area contributed by atoms with Crippen LogP contribution in [-0.4, -0.2) is 43.2 Å².